The van der Waals surface area contributed by atoms with Gasteiger partial charge in [0, 0.05) is 30.4 Å². The molecule has 1 fully saturated rings. The molecule has 3 heterocycles. The predicted molar refractivity (Wildman–Crippen MR) is 113 cm³/mol. The van der Waals surface area contributed by atoms with Gasteiger partial charge in [-0.15, -0.1) is 0 Å². The molecule has 30 heavy (non-hydrogen) atoms. The van der Waals surface area contributed by atoms with Gasteiger partial charge in [0.1, 0.15) is 10.7 Å². The highest BCUT2D eigenvalue weighted by Gasteiger charge is 2.34. The second-order valence-electron chi connectivity index (χ2n) is 7.89. The number of benzene rings is 1. The number of rotatable bonds is 4. The molecule has 8 heteroatoms. The molecular formula is C22H25FN4O2S. The Kier molecular flexibility index (Phi) is 5.46. The van der Waals surface area contributed by atoms with Crippen LogP contribution in [0.3, 0.4) is 0 Å². The summed E-state index contributed by atoms with van der Waals surface area (Å²) in [6, 6.07) is 10.3. The largest absolute Gasteiger partial charge is 0.281 e. The molecule has 0 radical (unpaired) electrons. The van der Waals surface area contributed by atoms with E-state index in [1.54, 1.807) is 30.3 Å². The van der Waals surface area contributed by atoms with Crippen LogP contribution in [0.1, 0.15) is 41.5 Å². The van der Waals surface area contributed by atoms with Crippen LogP contribution in [0, 0.1) is 26.6 Å². The first-order valence-electron chi connectivity index (χ1n) is 10.0. The molecule has 1 aliphatic heterocycles. The van der Waals surface area contributed by atoms with Crippen molar-refractivity contribution in [2.45, 2.75) is 44.4 Å². The highest BCUT2D eigenvalue weighted by molar-refractivity contribution is 7.89. The molecule has 1 unspecified atom stereocenters. The smallest absolute Gasteiger partial charge is 0.246 e. The number of halogens is 1. The maximum Gasteiger partial charge on any atom is 0.246 e. The number of hydrogen-bond acceptors (Lipinski definition) is 4. The summed E-state index contributed by atoms with van der Waals surface area (Å²) in [5.41, 5.74) is 4.64. The van der Waals surface area contributed by atoms with Crippen LogP contribution in [-0.2, 0) is 10.0 Å². The lowest BCUT2D eigenvalue weighted by Crippen LogP contribution is -2.39. The fourth-order valence-electron chi connectivity index (χ4n) is 4.16. The van der Waals surface area contributed by atoms with Gasteiger partial charge >= 0.3 is 0 Å². The predicted octanol–water partition coefficient (Wildman–Crippen LogP) is 4.10. The normalized spacial score (nSPS) is 17.9. The number of hydrogen-bond donors (Lipinski definition) is 1. The first-order valence-corrected chi connectivity index (χ1v) is 11.5. The number of nitrogens with one attached hydrogen (secondary N) is 1. The van der Waals surface area contributed by atoms with Crippen molar-refractivity contribution in [2.75, 3.05) is 13.1 Å². The topological polar surface area (TPSA) is 79.0 Å². The third-order valence-corrected chi connectivity index (χ3v) is 7.74. The lowest BCUT2D eigenvalue weighted by molar-refractivity contribution is 0.312. The standard InChI is InChI=1S/C22H25FN4O2S/c1-14-11-19(17-6-8-20(23)9-7-17)12-21(24-14)18-5-4-10-27(13-18)30(28,29)22-15(2)25-26-16(22)3/h6-9,11-12,18H,4-5,10,13H2,1-3H3,(H,25,26). The molecule has 0 amide bonds. The molecular weight excluding hydrogens is 403 g/mol. The van der Waals surface area contributed by atoms with E-state index < -0.39 is 10.0 Å². The van der Waals surface area contributed by atoms with Crippen molar-refractivity contribution >= 4 is 10.0 Å². The fraction of sp³-hybridized carbons (Fsp3) is 0.364. The lowest BCUT2D eigenvalue weighted by atomic mass is 9.93. The third kappa shape index (κ3) is 3.89. The molecule has 2 aromatic heterocycles. The van der Waals surface area contributed by atoms with Gasteiger partial charge in [-0.1, -0.05) is 12.1 Å². The molecule has 6 nitrogen and oxygen atoms in total. The van der Waals surface area contributed by atoms with Crippen LogP contribution in [-0.4, -0.2) is 41.0 Å². The van der Waals surface area contributed by atoms with Gasteiger partial charge in [0.2, 0.25) is 10.0 Å². The van der Waals surface area contributed by atoms with Crippen LogP contribution in [0.4, 0.5) is 4.39 Å². The highest BCUT2D eigenvalue weighted by atomic mass is 32.2. The highest BCUT2D eigenvalue weighted by Crippen LogP contribution is 2.33. The molecule has 1 N–H and O–H groups in total. The number of aryl methyl sites for hydroxylation is 3. The molecule has 1 aliphatic rings. The first kappa shape index (κ1) is 20.7. The van der Waals surface area contributed by atoms with Gasteiger partial charge in [0.25, 0.3) is 0 Å². The SMILES string of the molecule is Cc1cc(-c2ccc(F)cc2)cc(C2CCCN(S(=O)(=O)c3c(C)n[nH]c3C)C2)n1. The van der Waals surface area contributed by atoms with Crippen molar-refractivity contribution in [1.29, 1.82) is 0 Å². The molecule has 0 bridgehead atoms. The van der Waals surface area contributed by atoms with Gasteiger partial charge in [-0.3, -0.25) is 10.1 Å². The average molecular weight is 429 g/mol. The quantitative estimate of drug-likeness (QED) is 0.678. The second-order valence-corrected chi connectivity index (χ2v) is 9.77. The minimum absolute atomic E-state index is 0.000127. The van der Waals surface area contributed by atoms with E-state index in [4.69, 9.17) is 4.98 Å². The minimum Gasteiger partial charge on any atom is -0.281 e. The fourth-order valence-corrected chi connectivity index (χ4v) is 6.02. The Morgan fingerprint density at radius 1 is 1.10 bits per heavy atom. The summed E-state index contributed by atoms with van der Waals surface area (Å²) in [6.45, 7) is 6.22. The van der Waals surface area contributed by atoms with Crippen molar-refractivity contribution in [3.8, 4) is 11.1 Å². The molecule has 3 aromatic rings. The molecule has 0 saturated carbocycles. The zero-order valence-electron chi connectivity index (χ0n) is 17.3. The Morgan fingerprint density at radius 3 is 2.50 bits per heavy atom. The van der Waals surface area contributed by atoms with Crippen LogP contribution < -0.4 is 0 Å². The Hall–Kier alpha value is -2.58. The van der Waals surface area contributed by atoms with Gasteiger partial charge in [-0.25, -0.2) is 12.8 Å². The van der Waals surface area contributed by atoms with Crippen LogP contribution >= 0.6 is 0 Å². The van der Waals surface area contributed by atoms with Crippen molar-refractivity contribution in [1.82, 2.24) is 19.5 Å². The van der Waals surface area contributed by atoms with E-state index in [1.165, 1.54) is 12.1 Å². The maximum atomic E-state index is 13.3. The summed E-state index contributed by atoms with van der Waals surface area (Å²) in [6.07, 6.45) is 1.63. The Labute approximate surface area is 176 Å². The summed E-state index contributed by atoms with van der Waals surface area (Å²) in [5.74, 6) is -0.275. The van der Waals surface area contributed by atoms with Crippen LogP contribution in [0.25, 0.3) is 11.1 Å². The van der Waals surface area contributed by atoms with Crippen LogP contribution in [0.15, 0.2) is 41.3 Å². The Balaban J connectivity index is 1.64. The summed E-state index contributed by atoms with van der Waals surface area (Å²) < 4.78 is 41.4. The monoisotopic (exact) mass is 428 g/mol. The van der Waals surface area contributed by atoms with Crippen LogP contribution in [0.5, 0.6) is 0 Å². The zero-order chi connectivity index (χ0) is 21.5. The molecule has 1 saturated heterocycles. The molecule has 158 valence electrons. The number of piperidine rings is 1. The number of nitrogens with zero attached hydrogens (tertiary/aromatic N) is 3. The molecule has 0 aliphatic carbocycles. The summed E-state index contributed by atoms with van der Waals surface area (Å²) >= 11 is 0. The zero-order valence-corrected chi connectivity index (χ0v) is 18.1. The average Bonchev–Trinajstić information content (AvgIpc) is 3.07. The van der Waals surface area contributed by atoms with Gasteiger partial charge in [-0.05, 0) is 69.0 Å². The van der Waals surface area contributed by atoms with Crippen molar-refractivity contribution in [3.63, 3.8) is 0 Å². The summed E-state index contributed by atoms with van der Waals surface area (Å²) in [4.78, 5) is 4.97. The summed E-state index contributed by atoms with van der Waals surface area (Å²) in [5, 5.41) is 6.81. The van der Waals surface area contributed by atoms with E-state index in [-0.39, 0.29) is 16.6 Å². The Bertz CT molecular complexity index is 1150. The lowest BCUT2D eigenvalue weighted by Gasteiger charge is -2.32. The van der Waals surface area contributed by atoms with E-state index >= 15 is 0 Å². The molecule has 4 rings (SSSR count). The summed E-state index contributed by atoms with van der Waals surface area (Å²) in [7, 11) is -3.63. The van der Waals surface area contributed by atoms with Crippen LogP contribution in [0.2, 0.25) is 0 Å². The van der Waals surface area contributed by atoms with E-state index in [2.05, 4.69) is 10.2 Å². The Morgan fingerprint density at radius 2 is 1.83 bits per heavy atom. The van der Waals surface area contributed by atoms with Gasteiger partial charge in [-0.2, -0.15) is 9.40 Å². The number of sulfonamides is 1. The third-order valence-electron chi connectivity index (χ3n) is 5.61. The second kappa shape index (κ2) is 7.92. The number of aromatic nitrogens is 3. The number of aromatic amines is 1. The molecule has 1 atom stereocenters. The first-order chi connectivity index (χ1) is 14.3. The van der Waals surface area contributed by atoms with Crippen molar-refractivity contribution in [3.05, 3.63) is 65.0 Å². The van der Waals surface area contributed by atoms with E-state index in [0.717, 1.165) is 35.4 Å². The number of H-pyrrole nitrogens is 1. The van der Waals surface area contributed by atoms with Gasteiger partial charge in [0.15, 0.2) is 0 Å². The van der Waals surface area contributed by atoms with E-state index in [9.17, 15) is 12.8 Å². The molecule has 1 aromatic carbocycles. The van der Waals surface area contributed by atoms with Gasteiger partial charge in [0.05, 0.1) is 11.4 Å². The minimum atomic E-state index is -3.63. The van der Waals surface area contributed by atoms with E-state index in [0.29, 0.717) is 24.5 Å². The number of pyridine rings is 1. The van der Waals surface area contributed by atoms with Crippen molar-refractivity contribution in [2.24, 2.45) is 0 Å². The van der Waals surface area contributed by atoms with E-state index in [1.807, 2.05) is 19.1 Å². The maximum absolute atomic E-state index is 13.3. The van der Waals surface area contributed by atoms with Crippen molar-refractivity contribution < 1.29 is 12.8 Å². The van der Waals surface area contributed by atoms with Gasteiger partial charge < -0.3 is 0 Å². The molecule has 0 spiro atoms.